The van der Waals surface area contributed by atoms with Gasteiger partial charge in [0, 0.05) is 6.61 Å². The first-order valence-corrected chi connectivity index (χ1v) is 7.56. The highest BCUT2D eigenvalue weighted by Crippen LogP contribution is 2.37. The van der Waals surface area contributed by atoms with Crippen molar-refractivity contribution in [3.05, 3.63) is 0 Å². The Morgan fingerprint density at radius 1 is 1.29 bits per heavy atom. The Hall–Kier alpha value is -0.0800. The van der Waals surface area contributed by atoms with Crippen LogP contribution in [-0.4, -0.2) is 23.4 Å². The number of hydrogen-bond donors (Lipinski definition) is 1. The summed E-state index contributed by atoms with van der Waals surface area (Å²) < 4.78 is 5.64. The first-order chi connectivity index (χ1) is 8.22. The van der Waals surface area contributed by atoms with E-state index in [0.29, 0.717) is 6.10 Å². The lowest BCUT2D eigenvalue weighted by atomic mass is 9.74. The van der Waals surface area contributed by atoms with E-state index in [4.69, 9.17) is 4.74 Å². The smallest absolute Gasteiger partial charge is 0.0650 e. The molecule has 0 aromatic rings. The normalized spacial score (nSPS) is 38.5. The van der Waals surface area contributed by atoms with Crippen molar-refractivity contribution in [3.63, 3.8) is 0 Å². The fourth-order valence-corrected chi connectivity index (χ4v) is 3.57. The summed E-state index contributed by atoms with van der Waals surface area (Å²) in [5, 5.41) is 10.6. The standard InChI is InChI=1S/C15H28O2/c1-2-13-6-3-9-15(16,12-13)10-4-7-14-8-5-11-17-14/h13-14,16H,2-12H2,1H3. The number of ether oxygens (including phenoxy) is 1. The Bertz CT molecular complexity index is 223. The van der Waals surface area contributed by atoms with Gasteiger partial charge in [0.1, 0.15) is 0 Å². The Kier molecular flexibility index (Phi) is 4.87. The monoisotopic (exact) mass is 240 g/mol. The van der Waals surface area contributed by atoms with Crippen LogP contribution in [0.1, 0.15) is 71.1 Å². The van der Waals surface area contributed by atoms with Crippen LogP contribution in [0.2, 0.25) is 0 Å². The van der Waals surface area contributed by atoms with Crippen molar-refractivity contribution in [1.29, 1.82) is 0 Å². The highest BCUT2D eigenvalue weighted by molar-refractivity contribution is 4.86. The van der Waals surface area contributed by atoms with Crippen LogP contribution in [0, 0.1) is 5.92 Å². The van der Waals surface area contributed by atoms with E-state index in [0.717, 1.165) is 44.6 Å². The van der Waals surface area contributed by atoms with Crippen LogP contribution in [0.15, 0.2) is 0 Å². The molecule has 0 amide bonds. The van der Waals surface area contributed by atoms with E-state index in [-0.39, 0.29) is 5.60 Å². The van der Waals surface area contributed by atoms with Gasteiger partial charge in [-0.25, -0.2) is 0 Å². The van der Waals surface area contributed by atoms with Crippen molar-refractivity contribution in [1.82, 2.24) is 0 Å². The molecular formula is C15H28O2. The second-order valence-electron chi connectivity index (χ2n) is 6.12. The molecule has 2 heteroatoms. The van der Waals surface area contributed by atoms with Crippen molar-refractivity contribution in [2.24, 2.45) is 5.92 Å². The van der Waals surface area contributed by atoms with Gasteiger partial charge in [-0.15, -0.1) is 0 Å². The first-order valence-electron chi connectivity index (χ1n) is 7.56. The predicted octanol–water partition coefficient (Wildman–Crippen LogP) is 3.67. The predicted molar refractivity (Wildman–Crippen MR) is 70.0 cm³/mol. The van der Waals surface area contributed by atoms with Gasteiger partial charge in [0.25, 0.3) is 0 Å². The van der Waals surface area contributed by atoms with E-state index in [2.05, 4.69) is 6.92 Å². The number of rotatable bonds is 5. The fourth-order valence-electron chi connectivity index (χ4n) is 3.57. The minimum atomic E-state index is -0.350. The second-order valence-corrected chi connectivity index (χ2v) is 6.12. The van der Waals surface area contributed by atoms with Crippen molar-refractivity contribution in [3.8, 4) is 0 Å². The van der Waals surface area contributed by atoms with E-state index in [1.54, 1.807) is 0 Å². The van der Waals surface area contributed by atoms with E-state index >= 15 is 0 Å². The molecule has 100 valence electrons. The third-order valence-corrected chi connectivity index (χ3v) is 4.69. The van der Waals surface area contributed by atoms with Gasteiger partial charge in [0.2, 0.25) is 0 Å². The minimum Gasteiger partial charge on any atom is -0.390 e. The van der Waals surface area contributed by atoms with Crippen LogP contribution in [0.4, 0.5) is 0 Å². The zero-order valence-corrected chi connectivity index (χ0v) is 11.3. The molecule has 1 heterocycles. The van der Waals surface area contributed by atoms with Gasteiger partial charge in [-0.1, -0.05) is 26.2 Å². The number of aliphatic hydroxyl groups is 1. The van der Waals surface area contributed by atoms with Crippen LogP contribution in [0.25, 0.3) is 0 Å². The second kappa shape index (κ2) is 6.19. The highest BCUT2D eigenvalue weighted by atomic mass is 16.5. The molecule has 0 bridgehead atoms. The Labute approximate surface area is 106 Å². The van der Waals surface area contributed by atoms with Gasteiger partial charge in [-0.2, -0.15) is 0 Å². The van der Waals surface area contributed by atoms with Gasteiger partial charge in [-0.05, 0) is 50.9 Å². The van der Waals surface area contributed by atoms with Gasteiger partial charge in [-0.3, -0.25) is 0 Å². The maximum absolute atomic E-state index is 10.6. The molecular weight excluding hydrogens is 212 g/mol. The zero-order valence-electron chi connectivity index (χ0n) is 11.3. The van der Waals surface area contributed by atoms with Gasteiger partial charge in [0.05, 0.1) is 11.7 Å². The third-order valence-electron chi connectivity index (χ3n) is 4.69. The molecule has 2 aliphatic rings. The van der Waals surface area contributed by atoms with Crippen LogP contribution >= 0.6 is 0 Å². The molecule has 3 atom stereocenters. The summed E-state index contributed by atoms with van der Waals surface area (Å²) in [6.45, 7) is 3.20. The largest absolute Gasteiger partial charge is 0.390 e. The molecule has 1 aliphatic carbocycles. The summed E-state index contributed by atoms with van der Waals surface area (Å²) in [6, 6.07) is 0. The summed E-state index contributed by atoms with van der Waals surface area (Å²) in [5.41, 5.74) is -0.350. The van der Waals surface area contributed by atoms with Crippen molar-refractivity contribution in [2.45, 2.75) is 82.8 Å². The van der Waals surface area contributed by atoms with Crippen LogP contribution in [0.5, 0.6) is 0 Å². The van der Waals surface area contributed by atoms with Gasteiger partial charge >= 0.3 is 0 Å². The Balaban J connectivity index is 1.69. The van der Waals surface area contributed by atoms with E-state index in [9.17, 15) is 5.11 Å². The molecule has 1 aliphatic heterocycles. The molecule has 0 aromatic carbocycles. The van der Waals surface area contributed by atoms with Gasteiger partial charge < -0.3 is 9.84 Å². The molecule has 2 rings (SSSR count). The lowest BCUT2D eigenvalue weighted by Crippen LogP contribution is -2.35. The molecule has 0 radical (unpaired) electrons. The maximum atomic E-state index is 10.6. The number of hydrogen-bond acceptors (Lipinski definition) is 2. The SMILES string of the molecule is CCC1CCCC(O)(CCCC2CCCO2)C1. The quantitative estimate of drug-likeness (QED) is 0.794. The summed E-state index contributed by atoms with van der Waals surface area (Å²) in [7, 11) is 0. The van der Waals surface area contributed by atoms with E-state index in [1.165, 1.54) is 32.1 Å². The average molecular weight is 240 g/mol. The molecule has 1 saturated heterocycles. The molecule has 2 nitrogen and oxygen atoms in total. The van der Waals surface area contributed by atoms with Crippen LogP contribution < -0.4 is 0 Å². The minimum absolute atomic E-state index is 0.350. The van der Waals surface area contributed by atoms with Crippen molar-refractivity contribution < 1.29 is 9.84 Å². The lowest BCUT2D eigenvalue weighted by molar-refractivity contribution is -0.0280. The van der Waals surface area contributed by atoms with E-state index < -0.39 is 0 Å². The Morgan fingerprint density at radius 2 is 2.18 bits per heavy atom. The fraction of sp³-hybridized carbons (Fsp3) is 1.00. The maximum Gasteiger partial charge on any atom is 0.0650 e. The zero-order chi connectivity index (χ0) is 12.1. The summed E-state index contributed by atoms with van der Waals surface area (Å²) in [5.74, 6) is 0.761. The molecule has 0 aromatic heterocycles. The van der Waals surface area contributed by atoms with Crippen molar-refractivity contribution in [2.75, 3.05) is 6.61 Å². The summed E-state index contributed by atoms with van der Waals surface area (Å²) in [4.78, 5) is 0. The van der Waals surface area contributed by atoms with Crippen LogP contribution in [-0.2, 0) is 4.74 Å². The van der Waals surface area contributed by atoms with Gasteiger partial charge in [0.15, 0.2) is 0 Å². The average Bonchev–Trinajstić information content (AvgIpc) is 2.82. The Morgan fingerprint density at radius 3 is 2.88 bits per heavy atom. The molecule has 3 unspecified atom stereocenters. The van der Waals surface area contributed by atoms with Crippen LogP contribution in [0.3, 0.4) is 0 Å². The van der Waals surface area contributed by atoms with Crippen molar-refractivity contribution >= 4 is 0 Å². The molecule has 17 heavy (non-hydrogen) atoms. The summed E-state index contributed by atoms with van der Waals surface area (Å²) >= 11 is 0. The third kappa shape index (κ3) is 3.96. The first kappa shape index (κ1) is 13.4. The molecule has 2 fully saturated rings. The molecule has 0 spiro atoms. The van der Waals surface area contributed by atoms with E-state index in [1.807, 2.05) is 0 Å². The highest BCUT2D eigenvalue weighted by Gasteiger charge is 2.33. The molecule has 1 N–H and O–H groups in total. The lowest BCUT2D eigenvalue weighted by Gasteiger charge is -2.37. The topological polar surface area (TPSA) is 29.5 Å². The molecule has 1 saturated carbocycles. The summed E-state index contributed by atoms with van der Waals surface area (Å²) in [6.07, 6.45) is 12.1.